The van der Waals surface area contributed by atoms with Crippen LogP contribution in [-0.4, -0.2) is 19.9 Å². The van der Waals surface area contributed by atoms with Crippen LogP contribution >= 0.6 is 22.6 Å². The van der Waals surface area contributed by atoms with Crippen molar-refractivity contribution < 1.29 is 4.79 Å². The molecule has 5 heteroatoms. The average Bonchev–Trinajstić information content (AvgIpc) is 3.05. The summed E-state index contributed by atoms with van der Waals surface area (Å²) in [5, 5.41) is 1.25. The van der Waals surface area contributed by atoms with Crippen molar-refractivity contribution in [1.29, 1.82) is 0 Å². The van der Waals surface area contributed by atoms with E-state index in [1.165, 1.54) is 34.6 Å². The summed E-state index contributed by atoms with van der Waals surface area (Å²) < 4.78 is 3.34. The molecule has 2 aromatic heterocycles. The lowest BCUT2D eigenvalue weighted by Crippen LogP contribution is -2.10. The Morgan fingerprint density at radius 1 is 1.19 bits per heavy atom. The maximum absolute atomic E-state index is 11.2. The Labute approximate surface area is 167 Å². The van der Waals surface area contributed by atoms with Crippen LogP contribution in [0.3, 0.4) is 0 Å². The normalized spacial score (nSPS) is 12.4. The molecule has 1 amide bonds. The number of hydrogen-bond donors (Lipinski definition) is 1. The van der Waals surface area contributed by atoms with E-state index >= 15 is 0 Å². The van der Waals surface area contributed by atoms with Crippen molar-refractivity contribution in [2.75, 3.05) is 4.43 Å². The highest BCUT2D eigenvalue weighted by molar-refractivity contribution is 14.1. The molecule has 0 saturated carbocycles. The highest BCUT2D eigenvalue weighted by atomic mass is 127. The number of hydrogen-bond acceptors (Lipinski definition) is 2. The number of alkyl halides is 1. The Hall–Kier alpha value is -1.89. The van der Waals surface area contributed by atoms with Crippen molar-refractivity contribution in [3.63, 3.8) is 0 Å². The number of benzene rings is 1. The van der Waals surface area contributed by atoms with Crippen LogP contribution in [0.5, 0.6) is 0 Å². The van der Waals surface area contributed by atoms with Crippen LogP contribution in [-0.2, 0) is 6.54 Å². The molecule has 0 bridgehead atoms. The molecule has 4 nitrogen and oxygen atoms in total. The van der Waals surface area contributed by atoms with Gasteiger partial charge in [-0.1, -0.05) is 48.1 Å². The van der Waals surface area contributed by atoms with Gasteiger partial charge < -0.3 is 10.3 Å². The van der Waals surface area contributed by atoms with Gasteiger partial charge in [-0.25, -0.2) is 4.98 Å². The van der Waals surface area contributed by atoms with Crippen LogP contribution in [0, 0.1) is 0 Å². The summed E-state index contributed by atoms with van der Waals surface area (Å²) in [7, 11) is 0. The Kier molecular flexibility index (Phi) is 6.29. The second kappa shape index (κ2) is 8.66. The largest absolute Gasteiger partial charge is 0.366 e. The molecule has 1 atom stereocenters. The standard InChI is InChI=1S/C21H24IN3O/c1-2-3-16(8-11-22)18-9-12-24-21-19(18)10-13-25(21)14-15-4-6-17(7-5-15)20(23)26/h4-7,9-10,12-13,16H,2-3,8,11,14H2,1H3,(H2,23,26). The van der Waals surface area contributed by atoms with Crippen molar-refractivity contribution in [3.8, 4) is 0 Å². The van der Waals surface area contributed by atoms with Crippen LogP contribution in [0.15, 0.2) is 48.8 Å². The Morgan fingerprint density at radius 3 is 2.62 bits per heavy atom. The smallest absolute Gasteiger partial charge is 0.248 e. The number of rotatable bonds is 8. The fraction of sp³-hybridized carbons (Fsp3) is 0.333. The fourth-order valence-electron chi connectivity index (χ4n) is 3.50. The molecule has 3 aromatic rings. The monoisotopic (exact) mass is 461 g/mol. The van der Waals surface area contributed by atoms with E-state index < -0.39 is 5.91 Å². The molecule has 26 heavy (non-hydrogen) atoms. The average molecular weight is 461 g/mol. The van der Waals surface area contributed by atoms with E-state index in [0.29, 0.717) is 11.5 Å². The minimum Gasteiger partial charge on any atom is -0.366 e. The number of fused-ring (bicyclic) bond motifs is 1. The van der Waals surface area contributed by atoms with E-state index in [-0.39, 0.29) is 0 Å². The number of aromatic nitrogens is 2. The summed E-state index contributed by atoms with van der Waals surface area (Å²) in [6.45, 7) is 2.98. The lowest BCUT2D eigenvalue weighted by Gasteiger charge is -2.16. The minimum atomic E-state index is -0.397. The Morgan fingerprint density at radius 2 is 1.96 bits per heavy atom. The van der Waals surface area contributed by atoms with E-state index in [2.05, 4.69) is 57.4 Å². The lowest BCUT2D eigenvalue weighted by atomic mass is 9.91. The summed E-state index contributed by atoms with van der Waals surface area (Å²) in [4.78, 5) is 15.9. The molecule has 2 heterocycles. The number of nitrogens with zero attached hydrogens (tertiary/aromatic N) is 2. The zero-order valence-corrected chi connectivity index (χ0v) is 17.1. The summed E-state index contributed by atoms with van der Waals surface area (Å²) >= 11 is 2.47. The molecule has 1 unspecified atom stereocenters. The summed E-state index contributed by atoms with van der Waals surface area (Å²) in [6, 6.07) is 11.8. The van der Waals surface area contributed by atoms with Gasteiger partial charge in [0.25, 0.3) is 0 Å². The van der Waals surface area contributed by atoms with Crippen molar-refractivity contribution in [3.05, 3.63) is 65.5 Å². The fourth-order valence-corrected chi connectivity index (χ4v) is 4.25. The Balaban J connectivity index is 1.91. The van der Waals surface area contributed by atoms with Gasteiger partial charge in [-0.15, -0.1) is 0 Å². The molecule has 0 aliphatic rings. The second-order valence-electron chi connectivity index (χ2n) is 6.61. The number of carbonyl (C=O) groups excluding carboxylic acids is 1. The molecule has 0 aliphatic carbocycles. The molecule has 136 valence electrons. The van der Waals surface area contributed by atoms with E-state index in [4.69, 9.17) is 5.73 Å². The number of nitrogens with two attached hydrogens (primary N) is 1. The van der Waals surface area contributed by atoms with Gasteiger partial charge in [-0.2, -0.15) is 0 Å². The molecule has 0 fully saturated rings. The third-order valence-corrected chi connectivity index (χ3v) is 5.44. The minimum absolute atomic E-state index is 0.397. The van der Waals surface area contributed by atoms with Gasteiger partial charge >= 0.3 is 0 Å². The number of primary amides is 1. The number of carbonyl (C=O) groups is 1. The van der Waals surface area contributed by atoms with Crippen LogP contribution in [0.2, 0.25) is 0 Å². The van der Waals surface area contributed by atoms with Crippen molar-refractivity contribution in [2.45, 2.75) is 38.6 Å². The van der Waals surface area contributed by atoms with Crippen molar-refractivity contribution in [2.24, 2.45) is 5.73 Å². The first-order valence-electron chi connectivity index (χ1n) is 9.02. The van der Waals surface area contributed by atoms with Crippen LogP contribution in [0.1, 0.15) is 53.6 Å². The van der Waals surface area contributed by atoms with E-state index in [9.17, 15) is 4.79 Å². The highest BCUT2D eigenvalue weighted by Gasteiger charge is 2.15. The van der Waals surface area contributed by atoms with Crippen LogP contribution < -0.4 is 5.73 Å². The third kappa shape index (κ3) is 4.09. The van der Waals surface area contributed by atoms with Crippen molar-refractivity contribution in [1.82, 2.24) is 9.55 Å². The molecule has 0 aliphatic heterocycles. The SMILES string of the molecule is CCCC(CCI)c1ccnc2c1ccn2Cc1ccc(C(N)=O)cc1. The zero-order valence-electron chi connectivity index (χ0n) is 15.0. The first-order valence-corrected chi connectivity index (χ1v) is 10.5. The predicted octanol–water partition coefficient (Wildman–Crippen LogP) is 4.89. The van der Waals surface area contributed by atoms with Gasteiger partial charge in [0, 0.05) is 34.3 Å². The third-order valence-electron chi connectivity index (χ3n) is 4.82. The number of pyridine rings is 1. The second-order valence-corrected chi connectivity index (χ2v) is 7.68. The first kappa shape index (κ1) is 18.9. The molecular weight excluding hydrogens is 437 g/mol. The van der Waals surface area contributed by atoms with E-state index in [1.54, 1.807) is 12.1 Å². The highest BCUT2D eigenvalue weighted by Crippen LogP contribution is 2.31. The van der Waals surface area contributed by atoms with E-state index in [1.807, 2.05) is 18.3 Å². The summed E-state index contributed by atoms with van der Waals surface area (Å²) in [5.41, 5.74) is 9.41. The van der Waals surface area contributed by atoms with E-state index in [0.717, 1.165) is 17.8 Å². The van der Waals surface area contributed by atoms with Gasteiger partial charge in [-0.05, 0) is 54.2 Å². The Bertz CT molecular complexity index is 880. The molecule has 0 spiro atoms. The predicted molar refractivity (Wildman–Crippen MR) is 115 cm³/mol. The molecule has 0 radical (unpaired) electrons. The molecular formula is C21H24IN3O. The summed E-state index contributed by atoms with van der Waals surface area (Å²) in [5.74, 6) is 0.194. The first-order chi connectivity index (χ1) is 12.6. The quantitative estimate of drug-likeness (QED) is 0.384. The number of halogens is 1. The maximum Gasteiger partial charge on any atom is 0.248 e. The zero-order chi connectivity index (χ0) is 18.5. The maximum atomic E-state index is 11.2. The molecule has 1 aromatic carbocycles. The van der Waals surface area contributed by atoms with Crippen molar-refractivity contribution >= 4 is 39.5 Å². The van der Waals surface area contributed by atoms with Crippen LogP contribution in [0.4, 0.5) is 0 Å². The van der Waals surface area contributed by atoms with Crippen LogP contribution in [0.25, 0.3) is 11.0 Å². The lowest BCUT2D eigenvalue weighted by molar-refractivity contribution is 0.100. The van der Waals surface area contributed by atoms with Gasteiger partial charge in [0.15, 0.2) is 0 Å². The van der Waals surface area contributed by atoms with Gasteiger partial charge in [0.2, 0.25) is 5.91 Å². The topological polar surface area (TPSA) is 60.9 Å². The summed E-state index contributed by atoms with van der Waals surface area (Å²) in [6.07, 6.45) is 7.64. The molecule has 2 N–H and O–H groups in total. The molecule has 0 saturated heterocycles. The van der Waals surface area contributed by atoms with Gasteiger partial charge in [0.1, 0.15) is 5.65 Å². The van der Waals surface area contributed by atoms with Gasteiger partial charge in [0.05, 0.1) is 0 Å². The number of amides is 1. The van der Waals surface area contributed by atoms with Gasteiger partial charge in [-0.3, -0.25) is 4.79 Å². The molecule has 3 rings (SSSR count).